The molecule has 1 heterocycles. The Kier molecular flexibility index (Phi) is 3.82. The molecule has 1 aromatic heterocycles. The van der Waals surface area contributed by atoms with Crippen molar-refractivity contribution in [3.05, 3.63) is 12.4 Å². The Hall–Kier alpha value is -1.32. The molecule has 1 aromatic rings. The molecule has 0 bridgehead atoms. The van der Waals surface area contributed by atoms with Crippen LogP contribution in [0.1, 0.15) is 33.1 Å². The summed E-state index contributed by atoms with van der Waals surface area (Å²) in [6.07, 6.45) is 7.42. The summed E-state index contributed by atoms with van der Waals surface area (Å²) >= 11 is 0. The topological polar surface area (TPSA) is 49.8 Å². The van der Waals surface area contributed by atoms with Gasteiger partial charge >= 0.3 is 0 Å². The lowest BCUT2D eigenvalue weighted by Crippen LogP contribution is -2.35. The molecule has 0 spiro atoms. The van der Waals surface area contributed by atoms with Gasteiger partial charge in [0.2, 0.25) is 0 Å². The van der Waals surface area contributed by atoms with E-state index in [0.717, 1.165) is 17.6 Å². The van der Waals surface area contributed by atoms with Gasteiger partial charge in [-0.1, -0.05) is 26.7 Å². The van der Waals surface area contributed by atoms with E-state index in [0.29, 0.717) is 12.0 Å². The average Bonchev–Trinajstić information content (AvgIpc) is 2.35. The van der Waals surface area contributed by atoms with Gasteiger partial charge < -0.3 is 10.6 Å². The fraction of sp³-hybridized carbons (Fsp3) is 0.692. The molecule has 0 saturated heterocycles. The minimum atomic E-state index is 0.528. The summed E-state index contributed by atoms with van der Waals surface area (Å²) in [5.74, 6) is 3.18. The fourth-order valence-corrected chi connectivity index (χ4v) is 2.53. The number of nitrogens with one attached hydrogen (secondary N) is 2. The number of hydrogen-bond donors (Lipinski definition) is 2. The molecule has 1 aliphatic carbocycles. The molecule has 2 N–H and O–H groups in total. The first kappa shape index (κ1) is 12.1. The molecule has 1 fully saturated rings. The van der Waals surface area contributed by atoms with Crippen molar-refractivity contribution in [2.45, 2.75) is 39.2 Å². The van der Waals surface area contributed by atoms with E-state index < -0.39 is 0 Å². The van der Waals surface area contributed by atoms with E-state index in [4.69, 9.17) is 0 Å². The molecule has 3 unspecified atom stereocenters. The Morgan fingerprint density at radius 2 is 1.94 bits per heavy atom. The average molecular weight is 234 g/mol. The van der Waals surface area contributed by atoms with Crippen LogP contribution >= 0.6 is 0 Å². The second-order valence-corrected chi connectivity index (χ2v) is 5.06. The highest BCUT2D eigenvalue weighted by Gasteiger charge is 2.27. The van der Waals surface area contributed by atoms with Gasteiger partial charge in [0.15, 0.2) is 0 Å². The fourth-order valence-electron chi connectivity index (χ4n) is 2.53. The van der Waals surface area contributed by atoms with Crippen molar-refractivity contribution >= 4 is 11.6 Å². The van der Waals surface area contributed by atoms with Gasteiger partial charge in [-0.25, -0.2) is 4.98 Å². The molecule has 3 atom stereocenters. The predicted molar refractivity (Wildman–Crippen MR) is 71.2 cm³/mol. The lowest BCUT2D eigenvalue weighted by molar-refractivity contribution is 0.253. The summed E-state index contributed by atoms with van der Waals surface area (Å²) in [7, 11) is 1.86. The maximum absolute atomic E-state index is 4.46. The van der Waals surface area contributed by atoms with E-state index in [1.807, 2.05) is 7.05 Å². The molecular weight excluding hydrogens is 212 g/mol. The van der Waals surface area contributed by atoms with Crippen LogP contribution in [0.15, 0.2) is 12.4 Å². The van der Waals surface area contributed by atoms with Crippen LogP contribution in [0.5, 0.6) is 0 Å². The van der Waals surface area contributed by atoms with Gasteiger partial charge in [0.25, 0.3) is 0 Å². The summed E-state index contributed by atoms with van der Waals surface area (Å²) in [5, 5.41) is 6.53. The summed E-state index contributed by atoms with van der Waals surface area (Å²) in [6, 6.07) is 0.528. The number of hydrogen-bond acceptors (Lipinski definition) is 4. The summed E-state index contributed by atoms with van der Waals surface area (Å²) < 4.78 is 0. The van der Waals surface area contributed by atoms with Gasteiger partial charge in [-0.15, -0.1) is 0 Å². The molecule has 4 heteroatoms. The van der Waals surface area contributed by atoms with E-state index in [-0.39, 0.29) is 0 Å². The van der Waals surface area contributed by atoms with E-state index in [1.54, 1.807) is 12.4 Å². The van der Waals surface area contributed by atoms with Gasteiger partial charge in [-0.05, 0) is 18.3 Å². The second kappa shape index (κ2) is 5.34. The van der Waals surface area contributed by atoms with Crippen LogP contribution in [-0.2, 0) is 0 Å². The van der Waals surface area contributed by atoms with Crippen LogP contribution in [-0.4, -0.2) is 23.1 Å². The van der Waals surface area contributed by atoms with Crippen molar-refractivity contribution in [3.8, 4) is 0 Å². The Balaban J connectivity index is 2.04. The number of anilines is 2. The number of nitrogens with zero attached hydrogens (tertiary/aromatic N) is 2. The molecule has 1 aliphatic rings. The standard InChI is InChI=1S/C13H22N4/c1-9-5-4-6-11(10(9)2)16-13-8-15-7-12(14-3)17-13/h7-11H,4-6H2,1-3H3,(H2,14,16,17). The zero-order valence-electron chi connectivity index (χ0n) is 10.9. The maximum Gasteiger partial charge on any atom is 0.147 e. The normalized spacial score (nSPS) is 28.8. The highest BCUT2D eigenvalue weighted by Crippen LogP contribution is 2.31. The monoisotopic (exact) mass is 234 g/mol. The molecule has 94 valence electrons. The van der Waals surface area contributed by atoms with E-state index >= 15 is 0 Å². The highest BCUT2D eigenvalue weighted by atomic mass is 15.1. The van der Waals surface area contributed by atoms with E-state index in [2.05, 4.69) is 34.4 Å². The van der Waals surface area contributed by atoms with Gasteiger partial charge in [-0.2, -0.15) is 0 Å². The first-order valence-corrected chi connectivity index (χ1v) is 6.47. The molecule has 17 heavy (non-hydrogen) atoms. The lowest BCUT2D eigenvalue weighted by Gasteiger charge is -2.34. The molecule has 0 aliphatic heterocycles. The second-order valence-electron chi connectivity index (χ2n) is 5.06. The molecule has 4 nitrogen and oxygen atoms in total. The Morgan fingerprint density at radius 3 is 2.71 bits per heavy atom. The maximum atomic E-state index is 4.46. The first-order chi connectivity index (χ1) is 8.20. The third kappa shape index (κ3) is 2.87. The van der Waals surface area contributed by atoms with Crippen LogP contribution in [0.2, 0.25) is 0 Å². The van der Waals surface area contributed by atoms with Crippen molar-refractivity contribution in [2.24, 2.45) is 11.8 Å². The van der Waals surface area contributed by atoms with Crippen molar-refractivity contribution in [1.29, 1.82) is 0 Å². The predicted octanol–water partition coefficient (Wildman–Crippen LogP) is 2.75. The minimum absolute atomic E-state index is 0.528. The zero-order chi connectivity index (χ0) is 12.3. The van der Waals surface area contributed by atoms with Crippen LogP contribution < -0.4 is 10.6 Å². The van der Waals surface area contributed by atoms with Gasteiger partial charge in [0.1, 0.15) is 11.6 Å². The summed E-state index contributed by atoms with van der Waals surface area (Å²) in [5.41, 5.74) is 0. The van der Waals surface area contributed by atoms with Crippen molar-refractivity contribution in [2.75, 3.05) is 17.7 Å². The minimum Gasteiger partial charge on any atom is -0.372 e. The third-order valence-corrected chi connectivity index (χ3v) is 3.93. The quantitative estimate of drug-likeness (QED) is 0.844. The van der Waals surface area contributed by atoms with Gasteiger partial charge in [-0.3, -0.25) is 4.98 Å². The molecular formula is C13H22N4. The molecule has 2 rings (SSSR count). The van der Waals surface area contributed by atoms with Crippen LogP contribution in [0.25, 0.3) is 0 Å². The van der Waals surface area contributed by atoms with Crippen molar-refractivity contribution in [1.82, 2.24) is 9.97 Å². The lowest BCUT2D eigenvalue weighted by atomic mass is 9.78. The van der Waals surface area contributed by atoms with Crippen LogP contribution in [0, 0.1) is 11.8 Å². The zero-order valence-corrected chi connectivity index (χ0v) is 10.9. The molecule has 0 aromatic carbocycles. The largest absolute Gasteiger partial charge is 0.372 e. The SMILES string of the molecule is CNc1cncc(NC2CCCC(C)C2C)n1. The Labute approximate surface area is 103 Å². The van der Waals surface area contributed by atoms with E-state index in [1.165, 1.54) is 19.3 Å². The molecule has 0 radical (unpaired) electrons. The number of aromatic nitrogens is 2. The smallest absolute Gasteiger partial charge is 0.147 e. The Bertz CT molecular complexity index is 366. The van der Waals surface area contributed by atoms with Crippen molar-refractivity contribution < 1.29 is 0 Å². The van der Waals surface area contributed by atoms with Gasteiger partial charge in [0.05, 0.1) is 12.4 Å². The molecule has 0 amide bonds. The number of rotatable bonds is 3. The highest BCUT2D eigenvalue weighted by molar-refractivity contribution is 5.41. The summed E-state index contributed by atoms with van der Waals surface area (Å²) in [6.45, 7) is 4.67. The Morgan fingerprint density at radius 1 is 1.18 bits per heavy atom. The van der Waals surface area contributed by atoms with Crippen molar-refractivity contribution in [3.63, 3.8) is 0 Å². The third-order valence-electron chi connectivity index (χ3n) is 3.93. The molecule has 1 saturated carbocycles. The van der Waals surface area contributed by atoms with E-state index in [9.17, 15) is 0 Å². The van der Waals surface area contributed by atoms with Crippen LogP contribution in [0.4, 0.5) is 11.6 Å². The van der Waals surface area contributed by atoms with Gasteiger partial charge in [0, 0.05) is 13.1 Å². The summed E-state index contributed by atoms with van der Waals surface area (Å²) in [4.78, 5) is 8.64. The first-order valence-electron chi connectivity index (χ1n) is 6.47. The van der Waals surface area contributed by atoms with Crippen LogP contribution in [0.3, 0.4) is 0 Å².